The molecule has 0 aliphatic heterocycles. The van der Waals surface area contributed by atoms with E-state index in [9.17, 15) is 28.7 Å². The topological polar surface area (TPSA) is 167 Å². The molecular formula is H2Ca2O8P2. The molecule has 0 bridgehead atoms. The van der Waals surface area contributed by atoms with Crippen LogP contribution in [0.5, 0.6) is 0 Å². The van der Waals surface area contributed by atoms with E-state index in [2.05, 4.69) is 4.31 Å². The summed E-state index contributed by atoms with van der Waals surface area (Å²) in [5.41, 5.74) is 0. The molecule has 12 heavy (non-hydrogen) atoms. The fourth-order valence-electron chi connectivity index (χ4n) is 0.122. The first-order chi connectivity index (χ1) is 3.71. The van der Waals surface area contributed by atoms with Crippen molar-refractivity contribution < 1.29 is 38.5 Å². The van der Waals surface area contributed by atoms with Crippen molar-refractivity contribution in [3.8, 4) is 0 Å². The summed E-state index contributed by atoms with van der Waals surface area (Å²) in [5, 5.41) is 0. The quantitative estimate of drug-likeness (QED) is 0.358. The zero-order valence-corrected chi connectivity index (χ0v) is 11.9. The van der Waals surface area contributed by atoms with Crippen LogP contribution in [-0.4, -0.2) is 81.0 Å². The van der Waals surface area contributed by atoms with Gasteiger partial charge in [-0.15, -0.1) is 0 Å². The first kappa shape index (κ1) is 24.1. The van der Waals surface area contributed by atoms with Gasteiger partial charge in [0.15, 0.2) is 0 Å². The van der Waals surface area contributed by atoms with E-state index in [0.717, 1.165) is 0 Å². The summed E-state index contributed by atoms with van der Waals surface area (Å²) in [5.74, 6) is 0. The van der Waals surface area contributed by atoms with E-state index in [-0.39, 0.29) is 81.0 Å². The average molecular weight is 272 g/mol. The van der Waals surface area contributed by atoms with Crippen molar-refractivity contribution in [1.82, 2.24) is 0 Å². The monoisotopic (exact) mass is 272 g/mol. The van der Waals surface area contributed by atoms with Crippen LogP contribution in [0.1, 0.15) is 0 Å². The van der Waals surface area contributed by atoms with Crippen LogP contribution >= 0.6 is 15.6 Å². The first-order valence-corrected chi connectivity index (χ1v) is 4.38. The summed E-state index contributed by atoms with van der Waals surface area (Å²) in [7, 11) is -11.4. The van der Waals surface area contributed by atoms with E-state index in [0.29, 0.717) is 0 Å². The molecule has 0 rings (SSSR count). The van der Waals surface area contributed by atoms with Crippen molar-refractivity contribution in [1.29, 1.82) is 0 Å². The van der Waals surface area contributed by atoms with Gasteiger partial charge in [0.1, 0.15) is 0 Å². The fourth-order valence-corrected chi connectivity index (χ4v) is 1.10. The molecule has 0 aromatic carbocycles. The molecule has 8 nitrogen and oxygen atoms in total. The minimum atomic E-state index is -5.68. The third-order valence-corrected chi connectivity index (χ3v) is 1.80. The summed E-state index contributed by atoms with van der Waals surface area (Å²) in [6, 6.07) is 0. The summed E-state index contributed by atoms with van der Waals surface area (Å²) in [6.45, 7) is 0. The van der Waals surface area contributed by atoms with Gasteiger partial charge in [0.25, 0.3) is 0 Å². The van der Waals surface area contributed by atoms with E-state index in [1.165, 1.54) is 0 Å². The largest absolute Gasteiger partial charge is 2.00 e. The van der Waals surface area contributed by atoms with Gasteiger partial charge in [0.2, 0.25) is 0 Å². The number of phosphoric acid groups is 2. The summed E-state index contributed by atoms with van der Waals surface area (Å²) in [6.07, 6.45) is 0. The summed E-state index contributed by atoms with van der Waals surface area (Å²) < 4.78 is 21.2. The van der Waals surface area contributed by atoms with Gasteiger partial charge in [-0.25, -0.2) is 0 Å². The van der Waals surface area contributed by atoms with Gasteiger partial charge in [-0.2, -0.15) is 0 Å². The molecule has 0 atom stereocenters. The molecule has 12 heteroatoms. The third-order valence-electron chi connectivity index (χ3n) is 0.200. The molecule has 0 spiro atoms. The van der Waals surface area contributed by atoms with Crippen molar-refractivity contribution in [2.75, 3.05) is 0 Å². The van der Waals surface area contributed by atoms with Crippen molar-refractivity contribution >= 4 is 91.1 Å². The van der Waals surface area contributed by atoms with Crippen molar-refractivity contribution in [3.63, 3.8) is 0 Å². The molecule has 0 fully saturated rings. The predicted molar refractivity (Wildman–Crippen MR) is 31.4 cm³/mol. The standard InChI is InChI=1S/2Ca.H4O7P2.H2O/c;;1-8(2,3)7-9(4,5)6;/h;;(H2,1,2,3)(H2,4,5,6);1H2/q2*+2;;/p-4. The van der Waals surface area contributed by atoms with Crippen LogP contribution in [0.4, 0.5) is 0 Å². The van der Waals surface area contributed by atoms with Crippen LogP contribution in [0.15, 0.2) is 0 Å². The van der Waals surface area contributed by atoms with Crippen molar-refractivity contribution in [2.45, 2.75) is 0 Å². The molecule has 2 N–H and O–H groups in total. The Labute approximate surface area is 127 Å². The van der Waals surface area contributed by atoms with Crippen LogP contribution in [0.3, 0.4) is 0 Å². The van der Waals surface area contributed by atoms with E-state index < -0.39 is 15.6 Å². The molecule has 0 amide bonds. The minimum absolute atomic E-state index is 0. The van der Waals surface area contributed by atoms with Crippen LogP contribution in [-0.2, 0) is 13.4 Å². The predicted octanol–water partition coefficient (Wildman–Crippen LogP) is -4.93. The van der Waals surface area contributed by atoms with Gasteiger partial charge in [-0.1, -0.05) is 0 Å². The second-order valence-electron chi connectivity index (χ2n) is 0.976. The molecule has 0 saturated carbocycles. The van der Waals surface area contributed by atoms with Crippen LogP contribution < -0.4 is 19.6 Å². The Kier molecular flexibility index (Phi) is 18.1. The Morgan fingerprint density at radius 1 is 0.833 bits per heavy atom. The number of hydrogen-bond donors (Lipinski definition) is 0. The van der Waals surface area contributed by atoms with E-state index in [1.807, 2.05) is 0 Å². The Hall–Kier alpha value is 2.74. The second kappa shape index (κ2) is 9.00. The Morgan fingerprint density at radius 2 is 1.00 bits per heavy atom. The Morgan fingerprint density at radius 3 is 1.00 bits per heavy atom. The van der Waals surface area contributed by atoms with Crippen molar-refractivity contribution in [3.05, 3.63) is 0 Å². The van der Waals surface area contributed by atoms with Gasteiger partial charge in [0.05, 0.1) is 15.6 Å². The SMILES string of the molecule is O.O=P([O-])([O-])OP(=O)([O-])[O-].[Ca+2].[Ca+2]. The average Bonchev–Trinajstić information content (AvgIpc) is 1.14. The van der Waals surface area contributed by atoms with E-state index in [1.54, 1.807) is 0 Å². The smallest absolute Gasteiger partial charge is 0.790 e. The molecular weight excluding hydrogens is 270 g/mol. The Bertz CT molecular complexity index is 155. The second-order valence-corrected chi connectivity index (χ2v) is 3.42. The molecule has 0 unspecified atom stereocenters. The maximum absolute atomic E-state index is 9.32. The first-order valence-electron chi connectivity index (χ1n) is 1.46. The fraction of sp³-hybridized carbons (Fsp3) is 0. The number of hydrogen-bond acceptors (Lipinski definition) is 7. The van der Waals surface area contributed by atoms with E-state index >= 15 is 0 Å². The molecule has 0 aliphatic rings. The minimum Gasteiger partial charge on any atom is -0.790 e. The van der Waals surface area contributed by atoms with Gasteiger partial charge in [-0.05, 0) is 0 Å². The van der Waals surface area contributed by atoms with Gasteiger partial charge < -0.3 is 38.5 Å². The zero-order valence-electron chi connectivity index (χ0n) is 5.67. The summed E-state index contributed by atoms with van der Waals surface area (Å²) in [4.78, 5) is 37.3. The van der Waals surface area contributed by atoms with Crippen molar-refractivity contribution in [2.24, 2.45) is 0 Å². The molecule has 64 valence electrons. The molecule has 0 aromatic rings. The Balaban J connectivity index is -0.000000107. The van der Waals surface area contributed by atoms with Gasteiger partial charge in [-0.3, -0.25) is 0 Å². The molecule has 0 saturated heterocycles. The molecule has 0 aliphatic carbocycles. The van der Waals surface area contributed by atoms with Crippen LogP contribution in [0.25, 0.3) is 0 Å². The maximum atomic E-state index is 9.32. The molecule has 0 heterocycles. The maximum Gasteiger partial charge on any atom is 2.00 e. The molecule has 0 aromatic heterocycles. The third kappa shape index (κ3) is 23.0. The zero-order chi connectivity index (χ0) is 7.71. The van der Waals surface area contributed by atoms with Gasteiger partial charge >= 0.3 is 75.5 Å². The normalized spacial score (nSPS) is 10.3. The van der Waals surface area contributed by atoms with Crippen LogP contribution in [0, 0.1) is 0 Å². The summed E-state index contributed by atoms with van der Waals surface area (Å²) >= 11 is 0. The van der Waals surface area contributed by atoms with Gasteiger partial charge in [0, 0.05) is 0 Å². The number of rotatable bonds is 2. The molecule has 0 radical (unpaired) electrons. The van der Waals surface area contributed by atoms with E-state index in [4.69, 9.17) is 0 Å². The van der Waals surface area contributed by atoms with Crippen LogP contribution in [0.2, 0.25) is 0 Å².